The normalized spacial score (nSPS) is 13.8. The fraction of sp³-hybridized carbons (Fsp3) is 0.571. The maximum atomic E-state index is 13.7. The average molecular weight is 302 g/mol. The van der Waals surface area contributed by atoms with Crippen LogP contribution >= 0.6 is 0 Å². The molecule has 0 radical (unpaired) electrons. The van der Waals surface area contributed by atoms with Crippen LogP contribution in [0.5, 0.6) is 0 Å². The predicted molar refractivity (Wildman–Crippen MR) is 78.3 cm³/mol. The molecular weight excluding hydrogens is 279 g/mol. The van der Waals surface area contributed by atoms with Crippen LogP contribution in [-0.4, -0.2) is 14.5 Å². The van der Waals surface area contributed by atoms with Crippen LogP contribution in [0.4, 0.5) is 4.39 Å². The van der Waals surface area contributed by atoms with E-state index in [2.05, 4.69) is 4.72 Å². The molecule has 0 aromatic heterocycles. The Hall–Kier alpha value is -0.980. The van der Waals surface area contributed by atoms with Crippen molar-refractivity contribution in [3.63, 3.8) is 0 Å². The third kappa shape index (κ3) is 4.26. The van der Waals surface area contributed by atoms with Gasteiger partial charge in [0.25, 0.3) is 0 Å². The van der Waals surface area contributed by atoms with E-state index in [9.17, 15) is 12.8 Å². The molecule has 0 saturated carbocycles. The Morgan fingerprint density at radius 2 is 1.90 bits per heavy atom. The molecule has 3 N–H and O–H groups in total. The van der Waals surface area contributed by atoms with Crippen LogP contribution in [-0.2, 0) is 16.6 Å². The molecule has 0 fully saturated rings. The lowest BCUT2D eigenvalue weighted by molar-refractivity contribution is 0.482. The maximum Gasteiger partial charge on any atom is 0.240 e. The summed E-state index contributed by atoms with van der Waals surface area (Å²) in [6, 6.07) is 2.46. The number of nitrogens with two attached hydrogens (primary N) is 1. The average Bonchev–Trinajstić information content (AvgIpc) is 2.30. The fourth-order valence-electron chi connectivity index (χ4n) is 2.20. The van der Waals surface area contributed by atoms with Crippen molar-refractivity contribution < 1.29 is 12.8 Å². The van der Waals surface area contributed by atoms with Crippen molar-refractivity contribution in [3.8, 4) is 0 Å². The number of benzene rings is 1. The third-order valence-electron chi connectivity index (χ3n) is 3.01. The second-order valence-corrected chi connectivity index (χ2v) is 7.28. The molecular formula is C14H23FN2O2S. The Kier molecular flexibility index (Phi) is 5.68. The smallest absolute Gasteiger partial charge is 0.240 e. The highest BCUT2D eigenvalue weighted by Gasteiger charge is 2.20. The summed E-state index contributed by atoms with van der Waals surface area (Å²) in [4.78, 5) is 0.0625. The molecule has 0 bridgehead atoms. The van der Waals surface area contributed by atoms with Crippen molar-refractivity contribution in [3.05, 3.63) is 29.1 Å². The van der Waals surface area contributed by atoms with Gasteiger partial charge >= 0.3 is 0 Å². The monoisotopic (exact) mass is 302 g/mol. The van der Waals surface area contributed by atoms with Crippen LogP contribution in [0, 0.1) is 18.7 Å². The minimum atomic E-state index is -3.65. The summed E-state index contributed by atoms with van der Waals surface area (Å²) in [5, 5.41) is 0. The summed E-state index contributed by atoms with van der Waals surface area (Å²) in [6.45, 7) is 7.37. The highest BCUT2D eigenvalue weighted by molar-refractivity contribution is 7.89. The highest BCUT2D eigenvalue weighted by Crippen LogP contribution is 2.19. The molecule has 0 spiro atoms. The van der Waals surface area contributed by atoms with Gasteiger partial charge in [-0.2, -0.15) is 0 Å². The number of halogens is 1. The van der Waals surface area contributed by atoms with E-state index in [-0.39, 0.29) is 28.6 Å². The minimum Gasteiger partial charge on any atom is -0.326 e. The molecule has 114 valence electrons. The Bertz CT molecular complexity index is 571. The Balaban J connectivity index is 3.07. The Labute approximate surface area is 120 Å². The molecule has 0 amide bonds. The molecule has 1 aromatic carbocycles. The molecule has 1 rings (SSSR count). The lowest BCUT2D eigenvalue weighted by atomic mass is 10.1. The topological polar surface area (TPSA) is 72.2 Å². The van der Waals surface area contributed by atoms with Gasteiger partial charge in [0.15, 0.2) is 0 Å². The largest absolute Gasteiger partial charge is 0.326 e. The Morgan fingerprint density at radius 3 is 2.40 bits per heavy atom. The van der Waals surface area contributed by atoms with Gasteiger partial charge in [-0.05, 0) is 43.9 Å². The lowest BCUT2D eigenvalue weighted by Crippen LogP contribution is -2.33. The lowest BCUT2D eigenvalue weighted by Gasteiger charge is -2.17. The first kappa shape index (κ1) is 17.1. The summed E-state index contributed by atoms with van der Waals surface area (Å²) < 4.78 is 40.9. The van der Waals surface area contributed by atoms with Crippen molar-refractivity contribution in [2.75, 3.05) is 0 Å². The van der Waals surface area contributed by atoms with E-state index in [1.165, 1.54) is 19.1 Å². The predicted octanol–water partition coefficient (Wildman–Crippen LogP) is 2.31. The quantitative estimate of drug-likeness (QED) is 0.847. The van der Waals surface area contributed by atoms with Gasteiger partial charge in [0, 0.05) is 18.2 Å². The van der Waals surface area contributed by atoms with E-state index < -0.39 is 15.8 Å². The second-order valence-electron chi connectivity index (χ2n) is 5.57. The zero-order valence-electron chi connectivity index (χ0n) is 12.4. The van der Waals surface area contributed by atoms with E-state index in [1.54, 1.807) is 0 Å². The first-order valence-corrected chi connectivity index (χ1v) is 8.17. The number of rotatable bonds is 6. The van der Waals surface area contributed by atoms with Crippen LogP contribution < -0.4 is 10.5 Å². The molecule has 1 atom stereocenters. The summed E-state index contributed by atoms with van der Waals surface area (Å²) in [5.74, 6) is -0.0519. The van der Waals surface area contributed by atoms with Gasteiger partial charge in [0.05, 0.1) is 4.90 Å². The van der Waals surface area contributed by atoms with Crippen molar-refractivity contribution in [1.29, 1.82) is 0 Å². The van der Waals surface area contributed by atoms with Gasteiger partial charge in [-0.15, -0.1) is 0 Å². The van der Waals surface area contributed by atoms with Crippen molar-refractivity contribution in [1.82, 2.24) is 4.72 Å². The van der Waals surface area contributed by atoms with Crippen molar-refractivity contribution in [2.45, 2.75) is 51.6 Å². The summed E-state index contributed by atoms with van der Waals surface area (Å²) in [7, 11) is -3.65. The van der Waals surface area contributed by atoms with Gasteiger partial charge in [-0.3, -0.25) is 0 Å². The van der Waals surface area contributed by atoms with Crippen LogP contribution in [0.2, 0.25) is 0 Å². The molecule has 1 aromatic rings. The molecule has 0 aliphatic carbocycles. The number of nitrogens with one attached hydrogen (secondary N) is 1. The molecule has 0 heterocycles. The van der Waals surface area contributed by atoms with E-state index in [4.69, 9.17) is 5.73 Å². The van der Waals surface area contributed by atoms with Crippen LogP contribution in [0.1, 0.15) is 38.3 Å². The standard InChI is InChI=1S/C14H23FN2O2S/c1-9(2)5-11(4)17-20(18,19)13-6-10(3)14(15)12(7-13)8-16/h6-7,9,11,17H,5,8,16H2,1-4H3. The first-order chi connectivity index (χ1) is 9.17. The summed E-state index contributed by atoms with van der Waals surface area (Å²) in [5.41, 5.74) is 5.94. The van der Waals surface area contributed by atoms with Crippen LogP contribution in [0.15, 0.2) is 17.0 Å². The Morgan fingerprint density at radius 1 is 1.30 bits per heavy atom. The first-order valence-electron chi connectivity index (χ1n) is 6.68. The van der Waals surface area contributed by atoms with E-state index in [0.29, 0.717) is 5.92 Å². The minimum absolute atomic E-state index is 0.0302. The SMILES string of the molecule is Cc1cc(S(=O)(=O)NC(C)CC(C)C)cc(CN)c1F. The molecule has 4 nitrogen and oxygen atoms in total. The second kappa shape index (κ2) is 6.65. The van der Waals surface area contributed by atoms with Gasteiger partial charge in [0.1, 0.15) is 5.82 Å². The van der Waals surface area contributed by atoms with E-state index in [0.717, 1.165) is 6.42 Å². The van der Waals surface area contributed by atoms with Crippen molar-refractivity contribution >= 4 is 10.0 Å². The number of aryl methyl sites for hydroxylation is 1. The van der Waals surface area contributed by atoms with Gasteiger partial charge in [-0.25, -0.2) is 17.5 Å². The molecule has 20 heavy (non-hydrogen) atoms. The van der Waals surface area contributed by atoms with Crippen LogP contribution in [0.25, 0.3) is 0 Å². The molecule has 0 saturated heterocycles. The van der Waals surface area contributed by atoms with Crippen molar-refractivity contribution in [2.24, 2.45) is 11.7 Å². The number of hydrogen-bond donors (Lipinski definition) is 2. The molecule has 0 aliphatic rings. The van der Waals surface area contributed by atoms with Gasteiger partial charge in [0.2, 0.25) is 10.0 Å². The van der Waals surface area contributed by atoms with Gasteiger partial charge < -0.3 is 5.73 Å². The molecule has 1 unspecified atom stereocenters. The molecule has 6 heteroatoms. The summed E-state index contributed by atoms with van der Waals surface area (Å²) in [6.07, 6.45) is 0.739. The van der Waals surface area contributed by atoms with E-state index >= 15 is 0 Å². The zero-order chi connectivity index (χ0) is 15.5. The number of sulfonamides is 1. The fourth-order valence-corrected chi connectivity index (χ4v) is 3.59. The third-order valence-corrected chi connectivity index (χ3v) is 4.58. The van der Waals surface area contributed by atoms with E-state index in [1.807, 2.05) is 20.8 Å². The van der Waals surface area contributed by atoms with Crippen LogP contribution in [0.3, 0.4) is 0 Å². The molecule has 0 aliphatic heterocycles. The summed E-state index contributed by atoms with van der Waals surface area (Å²) >= 11 is 0. The highest BCUT2D eigenvalue weighted by atomic mass is 32.2. The zero-order valence-corrected chi connectivity index (χ0v) is 13.2. The number of hydrogen-bond acceptors (Lipinski definition) is 3. The van der Waals surface area contributed by atoms with Gasteiger partial charge in [-0.1, -0.05) is 13.8 Å². The maximum absolute atomic E-state index is 13.7.